The van der Waals surface area contributed by atoms with Gasteiger partial charge in [-0.2, -0.15) is 0 Å². The molecule has 0 spiro atoms. The van der Waals surface area contributed by atoms with Crippen LogP contribution in [0, 0.1) is 0 Å². The van der Waals surface area contributed by atoms with Gasteiger partial charge < -0.3 is 10.8 Å². The SMILES string of the molecule is NCC(=O)n1c(C(=O)Cl)c(O)c2ccccc2c1=O. The Balaban J connectivity index is 3.05. The number of pyridine rings is 1. The molecule has 0 radical (unpaired) electrons. The van der Waals surface area contributed by atoms with E-state index in [9.17, 15) is 19.5 Å². The lowest BCUT2D eigenvalue weighted by atomic mass is 10.1. The van der Waals surface area contributed by atoms with Crippen LogP contribution < -0.4 is 11.3 Å². The number of fused-ring (bicyclic) bond motifs is 1. The third-order valence-corrected chi connectivity index (χ3v) is 2.85. The summed E-state index contributed by atoms with van der Waals surface area (Å²) in [7, 11) is 0. The minimum atomic E-state index is -1.11. The van der Waals surface area contributed by atoms with Crippen LogP contribution in [0.3, 0.4) is 0 Å². The smallest absolute Gasteiger partial charge is 0.273 e. The van der Waals surface area contributed by atoms with E-state index >= 15 is 0 Å². The molecule has 0 unspecified atom stereocenters. The average Bonchev–Trinajstić information content (AvgIpc) is 2.41. The molecule has 2 aromatic rings. The van der Waals surface area contributed by atoms with Crippen LogP contribution in [-0.4, -0.2) is 27.4 Å². The average molecular weight is 281 g/mol. The minimum Gasteiger partial charge on any atom is -0.505 e. The third kappa shape index (κ3) is 2.00. The van der Waals surface area contributed by atoms with Gasteiger partial charge in [0.25, 0.3) is 10.8 Å². The molecule has 0 aliphatic rings. The number of nitrogens with two attached hydrogens (primary N) is 1. The summed E-state index contributed by atoms with van der Waals surface area (Å²) in [4.78, 5) is 35.2. The lowest BCUT2D eigenvalue weighted by molar-refractivity contribution is 0.0901. The molecule has 98 valence electrons. The minimum absolute atomic E-state index is 0.100. The van der Waals surface area contributed by atoms with E-state index < -0.39 is 34.7 Å². The molecule has 1 aromatic carbocycles. The third-order valence-electron chi connectivity index (χ3n) is 2.67. The van der Waals surface area contributed by atoms with Crippen molar-refractivity contribution in [1.29, 1.82) is 0 Å². The van der Waals surface area contributed by atoms with Gasteiger partial charge in [-0.1, -0.05) is 18.2 Å². The van der Waals surface area contributed by atoms with Gasteiger partial charge in [0.1, 0.15) is 0 Å². The zero-order chi connectivity index (χ0) is 14.2. The van der Waals surface area contributed by atoms with Crippen molar-refractivity contribution >= 4 is 33.5 Å². The quantitative estimate of drug-likeness (QED) is 0.788. The zero-order valence-electron chi connectivity index (χ0n) is 9.59. The van der Waals surface area contributed by atoms with E-state index in [1.807, 2.05) is 0 Å². The van der Waals surface area contributed by atoms with Crippen molar-refractivity contribution in [3.05, 3.63) is 40.3 Å². The molecule has 6 nitrogen and oxygen atoms in total. The Morgan fingerprint density at radius 2 is 1.84 bits per heavy atom. The topological polar surface area (TPSA) is 102 Å². The number of benzene rings is 1. The summed E-state index contributed by atoms with van der Waals surface area (Å²) in [5.74, 6) is -1.34. The van der Waals surface area contributed by atoms with Crippen molar-refractivity contribution in [3.8, 4) is 5.75 Å². The monoisotopic (exact) mass is 280 g/mol. The fraction of sp³-hybridized carbons (Fsp3) is 0.0833. The van der Waals surface area contributed by atoms with Gasteiger partial charge in [-0.15, -0.1) is 0 Å². The maximum absolute atomic E-state index is 12.2. The highest BCUT2D eigenvalue weighted by Gasteiger charge is 2.23. The van der Waals surface area contributed by atoms with E-state index in [2.05, 4.69) is 0 Å². The molecular formula is C12H9ClN2O4. The Hall–Kier alpha value is -2.18. The molecule has 0 saturated heterocycles. The van der Waals surface area contributed by atoms with Crippen molar-refractivity contribution < 1.29 is 14.7 Å². The van der Waals surface area contributed by atoms with Crippen molar-refractivity contribution in [1.82, 2.24) is 4.57 Å². The molecule has 0 saturated carbocycles. The van der Waals surface area contributed by atoms with Crippen LogP contribution in [0.5, 0.6) is 5.75 Å². The molecule has 0 bridgehead atoms. The molecule has 1 heterocycles. The lowest BCUT2D eigenvalue weighted by Gasteiger charge is -2.11. The summed E-state index contributed by atoms with van der Waals surface area (Å²) in [6.07, 6.45) is 0. The second-order valence-electron chi connectivity index (χ2n) is 3.75. The van der Waals surface area contributed by atoms with E-state index in [0.717, 1.165) is 0 Å². The number of rotatable bonds is 2. The lowest BCUT2D eigenvalue weighted by Crippen LogP contribution is -2.35. The highest BCUT2D eigenvalue weighted by molar-refractivity contribution is 6.68. The molecule has 0 aliphatic carbocycles. The molecule has 0 fully saturated rings. The van der Waals surface area contributed by atoms with Crippen molar-refractivity contribution in [2.45, 2.75) is 0 Å². The van der Waals surface area contributed by atoms with Gasteiger partial charge in [0, 0.05) is 5.39 Å². The first-order valence-corrected chi connectivity index (χ1v) is 5.66. The molecule has 0 amide bonds. The first-order chi connectivity index (χ1) is 8.99. The Labute approximate surface area is 112 Å². The largest absolute Gasteiger partial charge is 0.505 e. The fourth-order valence-corrected chi connectivity index (χ4v) is 2.02. The zero-order valence-corrected chi connectivity index (χ0v) is 10.3. The number of halogens is 1. The van der Waals surface area contributed by atoms with Crippen LogP contribution in [0.25, 0.3) is 10.8 Å². The standard InChI is InChI=1S/C12H9ClN2O4/c13-11(18)9-10(17)6-3-1-2-4-7(6)12(19)15(9)8(16)5-14/h1-4,17H,5,14H2. The van der Waals surface area contributed by atoms with E-state index in [-0.39, 0.29) is 10.8 Å². The molecule has 3 N–H and O–H groups in total. The number of carbonyl (C=O) groups is 2. The fourth-order valence-electron chi connectivity index (χ4n) is 1.84. The number of hydrogen-bond acceptors (Lipinski definition) is 5. The van der Waals surface area contributed by atoms with Crippen LogP contribution in [0.15, 0.2) is 29.1 Å². The van der Waals surface area contributed by atoms with Gasteiger partial charge in [0.15, 0.2) is 11.4 Å². The van der Waals surface area contributed by atoms with Gasteiger partial charge in [-0.3, -0.25) is 14.4 Å². The van der Waals surface area contributed by atoms with Gasteiger partial charge in [-0.25, -0.2) is 4.57 Å². The predicted molar refractivity (Wildman–Crippen MR) is 69.7 cm³/mol. The Morgan fingerprint density at radius 3 is 2.37 bits per heavy atom. The summed E-state index contributed by atoms with van der Waals surface area (Å²) in [6, 6.07) is 6.04. The van der Waals surface area contributed by atoms with Crippen molar-refractivity contribution in [3.63, 3.8) is 0 Å². The van der Waals surface area contributed by atoms with Crippen LogP contribution >= 0.6 is 11.6 Å². The number of aromatic nitrogens is 1. The summed E-state index contributed by atoms with van der Waals surface area (Å²) >= 11 is 5.34. The van der Waals surface area contributed by atoms with Crippen LogP contribution in [0.1, 0.15) is 15.3 Å². The summed E-state index contributed by atoms with van der Waals surface area (Å²) in [5, 5.41) is 9.15. The first kappa shape index (κ1) is 13.3. The van der Waals surface area contributed by atoms with Crippen LogP contribution in [-0.2, 0) is 0 Å². The summed E-state index contributed by atoms with van der Waals surface area (Å²) in [5.41, 5.74) is 3.88. The molecule has 7 heteroatoms. The Kier molecular flexibility index (Phi) is 3.37. The van der Waals surface area contributed by atoms with Crippen molar-refractivity contribution in [2.24, 2.45) is 5.73 Å². The number of carbonyl (C=O) groups excluding carboxylic acids is 2. The molecule has 19 heavy (non-hydrogen) atoms. The number of hydrogen-bond donors (Lipinski definition) is 2. The second-order valence-corrected chi connectivity index (χ2v) is 4.10. The van der Waals surface area contributed by atoms with E-state index in [4.69, 9.17) is 17.3 Å². The maximum Gasteiger partial charge on any atom is 0.273 e. The van der Waals surface area contributed by atoms with Gasteiger partial charge >= 0.3 is 0 Å². The highest BCUT2D eigenvalue weighted by Crippen LogP contribution is 2.27. The molecule has 1 aromatic heterocycles. The van der Waals surface area contributed by atoms with Crippen LogP contribution in [0.2, 0.25) is 0 Å². The molecule has 0 atom stereocenters. The van der Waals surface area contributed by atoms with Crippen LogP contribution in [0.4, 0.5) is 0 Å². The molecule has 2 rings (SSSR count). The van der Waals surface area contributed by atoms with Gasteiger partial charge in [0.2, 0.25) is 5.91 Å². The van der Waals surface area contributed by atoms with Gasteiger partial charge in [-0.05, 0) is 17.7 Å². The van der Waals surface area contributed by atoms with E-state index in [0.29, 0.717) is 4.57 Å². The van der Waals surface area contributed by atoms with Crippen molar-refractivity contribution in [2.75, 3.05) is 6.54 Å². The normalized spacial score (nSPS) is 10.6. The summed E-state index contributed by atoms with van der Waals surface area (Å²) < 4.78 is 0.507. The number of aromatic hydroxyl groups is 1. The Morgan fingerprint density at radius 1 is 1.26 bits per heavy atom. The first-order valence-electron chi connectivity index (χ1n) is 5.28. The molecular weight excluding hydrogens is 272 g/mol. The Bertz CT molecular complexity index is 751. The molecule has 0 aliphatic heterocycles. The number of nitrogens with zero attached hydrogens (tertiary/aromatic N) is 1. The maximum atomic E-state index is 12.2. The van der Waals surface area contributed by atoms with Gasteiger partial charge in [0.05, 0.1) is 11.9 Å². The predicted octanol–water partition coefficient (Wildman–Crippen LogP) is 0.685. The highest BCUT2D eigenvalue weighted by atomic mass is 35.5. The summed E-state index contributed by atoms with van der Waals surface area (Å²) in [6.45, 7) is -0.491. The second kappa shape index (κ2) is 4.83. The van der Waals surface area contributed by atoms with E-state index in [1.54, 1.807) is 12.1 Å². The van der Waals surface area contributed by atoms with E-state index in [1.165, 1.54) is 12.1 Å².